The van der Waals surface area contributed by atoms with Gasteiger partial charge in [-0.2, -0.15) is 0 Å². The zero-order chi connectivity index (χ0) is 10.2. The highest BCUT2D eigenvalue weighted by Gasteiger charge is 2.20. The Morgan fingerprint density at radius 3 is 3.21 bits per heavy atom. The number of nitrogens with one attached hydrogen (secondary N) is 1. The Bertz CT molecular complexity index is 176. The lowest BCUT2D eigenvalue weighted by atomic mass is 10.2. The molecule has 3 nitrogen and oxygen atoms in total. The third kappa shape index (κ3) is 3.96. The van der Waals surface area contributed by atoms with Crippen LogP contribution in [0.4, 0.5) is 0 Å². The minimum absolute atomic E-state index is 0.483. The van der Waals surface area contributed by atoms with Gasteiger partial charge >= 0.3 is 0 Å². The first-order chi connectivity index (χ1) is 6.88. The molecular weight excluding hydrogens is 200 g/mol. The summed E-state index contributed by atoms with van der Waals surface area (Å²) in [5.41, 5.74) is 1.58. The lowest BCUT2D eigenvalue weighted by Crippen LogP contribution is -2.50. The standard InChI is InChI=1S/C10H19ClN2O/c1-2-12-8-10-9-14-7-6-13(10)5-3-4-11/h3-4,10,12H,2,5-9H2,1H3/b4-3+. The fourth-order valence-corrected chi connectivity index (χ4v) is 1.68. The van der Waals surface area contributed by atoms with Gasteiger partial charge in [-0.3, -0.25) is 4.90 Å². The molecule has 1 fully saturated rings. The minimum Gasteiger partial charge on any atom is -0.378 e. The summed E-state index contributed by atoms with van der Waals surface area (Å²) in [5.74, 6) is 0. The molecule has 1 saturated heterocycles. The Balaban J connectivity index is 2.33. The zero-order valence-electron chi connectivity index (χ0n) is 8.71. The van der Waals surface area contributed by atoms with E-state index in [4.69, 9.17) is 16.3 Å². The van der Waals surface area contributed by atoms with Crippen molar-refractivity contribution in [2.24, 2.45) is 0 Å². The Labute approximate surface area is 91.1 Å². The van der Waals surface area contributed by atoms with Crippen LogP contribution in [0, 0.1) is 0 Å². The molecule has 1 aliphatic rings. The Morgan fingerprint density at radius 2 is 2.50 bits per heavy atom. The van der Waals surface area contributed by atoms with Crippen molar-refractivity contribution in [3.05, 3.63) is 11.6 Å². The van der Waals surface area contributed by atoms with Crippen LogP contribution in [0.25, 0.3) is 0 Å². The molecule has 0 amide bonds. The molecule has 0 saturated carbocycles. The van der Waals surface area contributed by atoms with Crippen molar-refractivity contribution in [2.75, 3.05) is 39.4 Å². The number of rotatable bonds is 5. The molecule has 0 aromatic carbocycles. The average molecular weight is 219 g/mol. The third-order valence-corrected chi connectivity index (χ3v) is 2.59. The van der Waals surface area contributed by atoms with Crippen molar-refractivity contribution >= 4 is 11.6 Å². The Hall–Kier alpha value is -0.0900. The highest BCUT2D eigenvalue weighted by atomic mass is 35.5. The van der Waals surface area contributed by atoms with Crippen LogP contribution >= 0.6 is 11.6 Å². The zero-order valence-corrected chi connectivity index (χ0v) is 9.46. The van der Waals surface area contributed by atoms with Gasteiger partial charge in [0.2, 0.25) is 0 Å². The number of hydrogen-bond donors (Lipinski definition) is 1. The first kappa shape index (κ1) is 12.0. The van der Waals surface area contributed by atoms with Gasteiger partial charge < -0.3 is 10.1 Å². The number of halogens is 1. The molecule has 1 heterocycles. The lowest BCUT2D eigenvalue weighted by Gasteiger charge is -2.34. The average Bonchev–Trinajstić information content (AvgIpc) is 2.24. The first-order valence-electron chi connectivity index (χ1n) is 5.16. The normalized spacial score (nSPS) is 24.6. The molecule has 0 bridgehead atoms. The van der Waals surface area contributed by atoms with Crippen LogP contribution in [-0.2, 0) is 4.74 Å². The van der Waals surface area contributed by atoms with E-state index in [1.54, 1.807) is 5.54 Å². The molecule has 1 unspecified atom stereocenters. The maximum atomic E-state index is 5.52. The van der Waals surface area contributed by atoms with Crippen molar-refractivity contribution < 1.29 is 4.74 Å². The summed E-state index contributed by atoms with van der Waals surface area (Å²) in [4.78, 5) is 2.39. The molecule has 0 aromatic rings. The van der Waals surface area contributed by atoms with Crippen molar-refractivity contribution in [3.63, 3.8) is 0 Å². The van der Waals surface area contributed by atoms with Gasteiger partial charge in [-0.15, -0.1) is 0 Å². The van der Waals surface area contributed by atoms with E-state index in [0.29, 0.717) is 6.04 Å². The summed E-state index contributed by atoms with van der Waals surface area (Å²) >= 11 is 5.52. The highest BCUT2D eigenvalue weighted by Crippen LogP contribution is 2.06. The molecule has 0 aliphatic carbocycles. The summed E-state index contributed by atoms with van der Waals surface area (Å²) in [7, 11) is 0. The van der Waals surface area contributed by atoms with Gasteiger partial charge in [-0.25, -0.2) is 0 Å². The van der Waals surface area contributed by atoms with Crippen molar-refractivity contribution in [3.8, 4) is 0 Å². The Morgan fingerprint density at radius 1 is 1.64 bits per heavy atom. The molecule has 82 valence electrons. The van der Waals surface area contributed by atoms with Gasteiger partial charge in [0.05, 0.1) is 13.2 Å². The van der Waals surface area contributed by atoms with E-state index in [9.17, 15) is 0 Å². The van der Waals surface area contributed by atoms with Gasteiger partial charge in [-0.1, -0.05) is 24.6 Å². The van der Waals surface area contributed by atoms with Crippen LogP contribution in [0.15, 0.2) is 11.6 Å². The quantitative estimate of drug-likeness (QED) is 0.747. The number of hydrogen-bond acceptors (Lipinski definition) is 3. The highest BCUT2D eigenvalue weighted by molar-refractivity contribution is 6.25. The van der Waals surface area contributed by atoms with Crippen LogP contribution in [0.1, 0.15) is 6.92 Å². The van der Waals surface area contributed by atoms with Gasteiger partial charge in [0.1, 0.15) is 0 Å². The van der Waals surface area contributed by atoms with E-state index in [-0.39, 0.29) is 0 Å². The summed E-state index contributed by atoms with van der Waals surface area (Å²) in [5, 5.41) is 3.35. The maximum Gasteiger partial charge on any atom is 0.0635 e. The second-order valence-electron chi connectivity index (χ2n) is 3.39. The van der Waals surface area contributed by atoms with E-state index in [1.807, 2.05) is 6.08 Å². The lowest BCUT2D eigenvalue weighted by molar-refractivity contribution is -0.000825. The van der Waals surface area contributed by atoms with E-state index >= 15 is 0 Å². The van der Waals surface area contributed by atoms with Crippen LogP contribution in [0.2, 0.25) is 0 Å². The minimum atomic E-state index is 0.483. The largest absolute Gasteiger partial charge is 0.378 e. The topological polar surface area (TPSA) is 24.5 Å². The molecule has 0 spiro atoms. The Kier molecular flexibility index (Phi) is 6.19. The number of ether oxygens (including phenoxy) is 1. The summed E-state index contributed by atoms with van der Waals surface area (Å²) in [6, 6.07) is 0.483. The molecule has 1 atom stereocenters. The molecule has 14 heavy (non-hydrogen) atoms. The van der Waals surface area contributed by atoms with E-state index < -0.39 is 0 Å². The van der Waals surface area contributed by atoms with Crippen molar-refractivity contribution in [1.82, 2.24) is 10.2 Å². The number of nitrogens with zero attached hydrogens (tertiary/aromatic N) is 1. The third-order valence-electron chi connectivity index (χ3n) is 2.41. The second-order valence-corrected chi connectivity index (χ2v) is 3.65. The van der Waals surface area contributed by atoms with Crippen LogP contribution < -0.4 is 5.32 Å². The second kappa shape index (κ2) is 7.23. The predicted molar refractivity (Wildman–Crippen MR) is 59.7 cm³/mol. The van der Waals surface area contributed by atoms with Crippen molar-refractivity contribution in [1.29, 1.82) is 0 Å². The SMILES string of the molecule is CCNCC1COCCN1C/C=C/Cl. The maximum absolute atomic E-state index is 5.52. The van der Waals surface area contributed by atoms with Crippen molar-refractivity contribution in [2.45, 2.75) is 13.0 Å². The molecule has 1 rings (SSSR count). The van der Waals surface area contributed by atoms with E-state index in [2.05, 4.69) is 17.1 Å². The van der Waals surface area contributed by atoms with Crippen LogP contribution in [0.3, 0.4) is 0 Å². The monoisotopic (exact) mass is 218 g/mol. The van der Waals surface area contributed by atoms with Crippen LogP contribution in [-0.4, -0.2) is 50.3 Å². The van der Waals surface area contributed by atoms with Gasteiger partial charge in [0.25, 0.3) is 0 Å². The summed E-state index contributed by atoms with van der Waals surface area (Å²) < 4.78 is 5.45. The fourth-order valence-electron chi connectivity index (χ4n) is 1.60. The molecule has 4 heteroatoms. The summed E-state index contributed by atoms with van der Waals surface area (Å²) in [6.45, 7) is 7.69. The number of likely N-dealkylation sites (N-methyl/N-ethyl adjacent to an activating group) is 1. The molecular formula is C10H19ClN2O. The number of morpholine rings is 1. The first-order valence-corrected chi connectivity index (χ1v) is 5.59. The van der Waals surface area contributed by atoms with Gasteiger partial charge in [-0.05, 0) is 6.54 Å². The van der Waals surface area contributed by atoms with E-state index in [1.165, 1.54) is 0 Å². The van der Waals surface area contributed by atoms with Gasteiger partial charge in [0, 0.05) is 31.2 Å². The molecule has 0 aromatic heterocycles. The summed E-state index contributed by atoms with van der Waals surface area (Å²) in [6.07, 6.45) is 1.98. The molecule has 1 N–H and O–H groups in total. The van der Waals surface area contributed by atoms with E-state index in [0.717, 1.165) is 39.4 Å². The predicted octanol–water partition coefficient (Wildman–Crippen LogP) is 1.05. The van der Waals surface area contributed by atoms with Gasteiger partial charge in [0.15, 0.2) is 0 Å². The smallest absolute Gasteiger partial charge is 0.0635 e. The fraction of sp³-hybridized carbons (Fsp3) is 0.800. The molecule has 1 aliphatic heterocycles. The van der Waals surface area contributed by atoms with Crippen LogP contribution in [0.5, 0.6) is 0 Å². The molecule has 0 radical (unpaired) electrons.